The van der Waals surface area contributed by atoms with Gasteiger partial charge in [0.05, 0.1) is 0 Å². The van der Waals surface area contributed by atoms with Crippen LogP contribution in [0, 0.1) is 13.8 Å². The van der Waals surface area contributed by atoms with Crippen LogP contribution in [-0.2, 0) is 0 Å². The van der Waals surface area contributed by atoms with Gasteiger partial charge in [-0.15, -0.1) is 0 Å². The molecule has 0 aliphatic carbocycles. The van der Waals surface area contributed by atoms with Crippen molar-refractivity contribution in [2.45, 2.75) is 13.8 Å². The topological polar surface area (TPSA) is 88.2 Å². The number of thiocarbonyl (C=S) groups is 1. The van der Waals surface area contributed by atoms with E-state index in [0.29, 0.717) is 11.3 Å². The van der Waals surface area contributed by atoms with Gasteiger partial charge in [-0.05, 0) is 37.7 Å². The summed E-state index contributed by atoms with van der Waals surface area (Å²) in [5.74, 6) is -0.869. The smallest absolute Gasteiger partial charge is 0.339 e. The van der Waals surface area contributed by atoms with Gasteiger partial charge in [0, 0.05) is 5.69 Å². The number of hydrogen-bond acceptors (Lipinski definition) is 3. The predicted octanol–water partition coefficient (Wildman–Crippen LogP) is 1.05. The summed E-state index contributed by atoms with van der Waals surface area (Å²) in [6, 6.07) is 1.69. The monoisotopic (exact) mass is 225 g/mol. The van der Waals surface area contributed by atoms with Gasteiger partial charge >= 0.3 is 5.97 Å². The summed E-state index contributed by atoms with van der Waals surface area (Å²) in [6.07, 6.45) is 0. The van der Waals surface area contributed by atoms with Gasteiger partial charge in [0.2, 0.25) is 0 Å². The third kappa shape index (κ3) is 2.63. The molecular weight excluding hydrogens is 214 g/mol. The maximum absolute atomic E-state index is 11.0. The Balaban J connectivity index is 3.33. The van der Waals surface area contributed by atoms with Crippen molar-refractivity contribution in [3.63, 3.8) is 0 Å². The van der Waals surface area contributed by atoms with Crippen LogP contribution in [-0.4, -0.2) is 21.2 Å². The Morgan fingerprint density at radius 2 is 2.20 bits per heavy atom. The second kappa shape index (κ2) is 4.22. The molecule has 0 atom stereocenters. The molecule has 0 saturated carbocycles. The lowest BCUT2D eigenvalue weighted by atomic mass is 10.1. The first-order chi connectivity index (χ1) is 6.91. The van der Waals surface area contributed by atoms with Gasteiger partial charge in [-0.1, -0.05) is 0 Å². The molecule has 5 nitrogen and oxygen atoms in total. The molecule has 6 heteroatoms. The zero-order valence-electron chi connectivity index (χ0n) is 8.37. The second-order valence-electron chi connectivity index (χ2n) is 3.10. The van der Waals surface area contributed by atoms with E-state index in [0.717, 1.165) is 0 Å². The fourth-order valence-electron chi connectivity index (χ4n) is 1.31. The third-order valence-corrected chi connectivity index (χ3v) is 1.90. The van der Waals surface area contributed by atoms with Gasteiger partial charge in [-0.25, -0.2) is 9.78 Å². The zero-order chi connectivity index (χ0) is 11.6. The molecule has 1 aromatic rings. The van der Waals surface area contributed by atoms with Crippen molar-refractivity contribution >= 4 is 29.1 Å². The number of carboxylic acids is 1. The summed E-state index contributed by atoms with van der Waals surface area (Å²) in [5, 5.41) is 11.5. The number of anilines is 1. The lowest BCUT2D eigenvalue weighted by Crippen LogP contribution is -2.22. The van der Waals surface area contributed by atoms with Crippen molar-refractivity contribution in [2.75, 3.05) is 5.32 Å². The summed E-state index contributed by atoms with van der Waals surface area (Å²) in [6.45, 7) is 3.46. The SMILES string of the molecule is Cc1cc(C)c(C(=O)O)c(NC(N)=S)n1. The zero-order valence-corrected chi connectivity index (χ0v) is 9.18. The molecule has 0 fully saturated rings. The van der Waals surface area contributed by atoms with Gasteiger partial charge in [-0.2, -0.15) is 0 Å². The molecule has 0 spiro atoms. The Hall–Kier alpha value is -1.69. The number of nitrogens with zero attached hydrogens (tertiary/aromatic N) is 1. The Morgan fingerprint density at radius 1 is 1.60 bits per heavy atom. The first-order valence-electron chi connectivity index (χ1n) is 4.20. The number of aromatic nitrogens is 1. The first-order valence-corrected chi connectivity index (χ1v) is 4.60. The molecule has 80 valence electrons. The van der Waals surface area contributed by atoms with E-state index in [9.17, 15) is 4.79 Å². The van der Waals surface area contributed by atoms with Crippen molar-refractivity contribution in [1.82, 2.24) is 4.98 Å². The number of nitrogens with two attached hydrogens (primary N) is 1. The summed E-state index contributed by atoms with van der Waals surface area (Å²) in [7, 11) is 0. The first kappa shape index (κ1) is 11.4. The van der Waals surface area contributed by atoms with Crippen LogP contribution in [0.15, 0.2) is 6.07 Å². The highest BCUT2D eigenvalue weighted by molar-refractivity contribution is 7.80. The molecule has 0 amide bonds. The molecule has 0 aromatic carbocycles. The number of nitrogens with one attached hydrogen (secondary N) is 1. The highest BCUT2D eigenvalue weighted by Crippen LogP contribution is 2.18. The lowest BCUT2D eigenvalue weighted by molar-refractivity contribution is 0.0697. The molecule has 1 aromatic heterocycles. The van der Waals surface area contributed by atoms with Gasteiger partial charge in [-0.3, -0.25) is 0 Å². The van der Waals surface area contributed by atoms with Crippen molar-refractivity contribution in [3.8, 4) is 0 Å². The summed E-state index contributed by atoms with van der Waals surface area (Å²) in [4.78, 5) is 15.0. The molecular formula is C9H11N3O2S. The van der Waals surface area contributed by atoms with Crippen LogP contribution in [0.2, 0.25) is 0 Å². The molecule has 0 aliphatic rings. The van der Waals surface area contributed by atoms with Crippen LogP contribution in [0.1, 0.15) is 21.6 Å². The summed E-state index contributed by atoms with van der Waals surface area (Å²) in [5.41, 5.74) is 6.70. The Kier molecular flexibility index (Phi) is 3.21. The minimum atomic E-state index is -1.06. The molecule has 1 rings (SSSR count). The molecule has 0 bridgehead atoms. The van der Waals surface area contributed by atoms with Crippen LogP contribution in [0.4, 0.5) is 5.82 Å². The van der Waals surface area contributed by atoms with E-state index in [1.165, 1.54) is 0 Å². The van der Waals surface area contributed by atoms with Gasteiger partial charge in [0.25, 0.3) is 0 Å². The van der Waals surface area contributed by atoms with Gasteiger partial charge < -0.3 is 16.2 Å². The summed E-state index contributed by atoms with van der Waals surface area (Å²) >= 11 is 4.64. The van der Waals surface area contributed by atoms with E-state index >= 15 is 0 Å². The standard InChI is InChI=1S/C9H11N3O2S/c1-4-3-5(2)11-7(12-9(10)15)6(4)8(13)14/h3H,1-2H3,(H,13,14)(H3,10,11,12,15). The third-order valence-electron chi connectivity index (χ3n) is 1.80. The van der Waals surface area contributed by atoms with E-state index in [1.54, 1.807) is 19.9 Å². The predicted molar refractivity (Wildman–Crippen MR) is 61.1 cm³/mol. The van der Waals surface area contributed by atoms with Gasteiger partial charge in [0.1, 0.15) is 11.4 Å². The number of aryl methyl sites for hydroxylation is 2. The number of carboxylic acid groups (broad SMARTS) is 1. The maximum Gasteiger partial charge on any atom is 0.339 e. The van der Waals surface area contributed by atoms with Crippen molar-refractivity contribution < 1.29 is 9.90 Å². The highest BCUT2D eigenvalue weighted by Gasteiger charge is 2.15. The van der Waals surface area contributed by atoms with E-state index < -0.39 is 5.97 Å². The largest absolute Gasteiger partial charge is 0.478 e. The molecule has 4 N–H and O–H groups in total. The number of carbonyl (C=O) groups is 1. The average molecular weight is 225 g/mol. The normalized spacial score (nSPS) is 9.73. The number of pyridine rings is 1. The molecule has 15 heavy (non-hydrogen) atoms. The van der Waals surface area contributed by atoms with Crippen molar-refractivity contribution in [2.24, 2.45) is 5.73 Å². The Morgan fingerprint density at radius 3 is 2.67 bits per heavy atom. The van der Waals surface area contributed by atoms with Crippen LogP contribution in [0.3, 0.4) is 0 Å². The number of rotatable bonds is 2. The van der Waals surface area contributed by atoms with Gasteiger partial charge in [0.15, 0.2) is 5.11 Å². The quantitative estimate of drug-likeness (QED) is 0.652. The van der Waals surface area contributed by atoms with E-state index in [-0.39, 0.29) is 16.5 Å². The molecule has 0 aliphatic heterocycles. The van der Waals surface area contributed by atoms with Crippen LogP contribution in [0.25, 0.3) is 0 Å². The Bertz CT molecular complexity index is 432. The van der Waals surface area contributed by atoms with E-state index in [1.807, 2.05) is 0 Å². The average Bonchev–Trinajstić information content (AvgIpc) is 1.99. The second-order valence-corrected chi connectivity index (χ2v) is 3.54. The minimum Gasteiger partial charge on any atom is -0.478 e. The minimum absolute atomic E-state index is 0.00463. The molecule has 1 heterocycles. The van der Waals surface area contributed by atoms with E-state index in [4.69, 9.17) is 10.8 Å². The van der Waals surface area contributed by atoms with Crippen LogP contribution in [0.5, 0.6) is 0 Å². The van der Waals surface area contributed by atoms with Crippen LogP contribution >= 0.6 is 12.2 Å². The summed E-state index contributed by atoms with van der Waals surface area (Å²) < 4.78 is 0. The molecule has 0 unspecified atom stereocenters. The maximum atomic E-state index is 11.0. The number of hydrogen-bond donors (Lipinski definition) is 3. The van der Waals surface area contributed by atoms with Crippen LogP contribution < -0.4 is 11.1 Å². The molecule has 0 saturated heterocycles. The highest BCUT2D eigenvalue weighted by atomic mass is 32.1. The van der Waals surface area contributed by atoms with Crippen molar-refractivity contribution in [1.29, 1.82) is 0 Å². The van der Waals surface area contributed by atoms with E-state index in [2.05, 4.69) is 22.5 Å². The fourth-order valence-corrected chi connectivity index (χ4v) is 1.41. The molecule has 0 radical (unpaired) electrons. The fraction of sp³-hybridized carbons (Fsp3) is 0.222. The number of aromatic carboxylic acids is 1. The Labute approximate surface area is 92.3 Å². The van der Waals surface area contributed by atoms with Crippen molar-refractivity contribution in [3.05, 3.63) is 22.9 Å². The lowest BCUT2D eigenvalue weighted by Gasteiger charge is -2.10.